The van der Waals surface area contributed by atoms with Gasteiger partial charge in [0, 0.05) is 12.1 Å². The molecule has 0 radical (unpaired) electrons. The van der Waals surface area contributed by atoms with Crippen molar-refractivity contribution in [1.82, 2.24) is 0 Å². The fraction of sp³-hybridized carbons (Fsp3) is 0.357. The van der Waals surface area contributed by atoms with Crippen LogP contribution in [-0.4, -0.2) is 11.9 Å². The molecule has 0 heterocycles. The normalized spacial score (nSPS) is 15.7. The van der Waals surface area contributed by atoms with E-state index in [0.717, 1.165) is 29.4 Å². The molecule has 0 N–H and O–H groups in total. The fourth-order valence-electron chi connectivity index (χ4n) is 6.58. The topological polar surface area (TPSA) is 76.4 Å². The fourth-order valence-corrected chi connectivity index (χ4v) is 7.04. The summed E-state index contributed by atoms with van der Waals surface area (Å²) in [5.74, 6) is 0.921. The molecule has 0 aliphatic heterocycles. The number of hydrogen-bond acceptors (Lipinski definition) is 5. The Hall–Kier alpha value is -4.11. The number of esters is 2. The second kappa shape index (κ2) is 18.0. The van der Waals surface area contributed by atoms with Gasteiger partial charge in [0.25, 0.3) is 0 Å². The van der Waals surface area contributed by atoms with Gasteiger partial charge in [0.2, 0.25) is 0 Å². The smallest absolute Gasteiger partial charge is 0.345 e. The van der Waals surface area contributed by atoms with E-state index >= 15 is 0 Å². The summed E-state index contributed by atoms with van der Waals surface area (Å²) in [6.45, 7) is 2.28. The van der Waals surface area contributed by atoms with Crippen LogP contribution in [0.3, 0.4) is 0 Å². The number of carbonyl (C=O) groups is 2. The van der Waals surface area contributed by atoms with Crippen LogP contribution in [0.4, 0.5) is 0 Å². The lowest BCUT2D eigenvalue weighted by molar-refractivity contribution is 0.0730. The molecule has 0 saturated heterocycles. The van der Waals surface area contributed by atoms with Crippen molar-refractivity contribution in [2.45, 2.75) is 84.0 Å². The monoisotopic (exact) mass is 695 g/mol. The van der Waals surface area contributed by atoms with E-state index in [-0.39, 0.29) is 32.7 Å². The number of aryl methyl sites for hydroxylation is 1. The van der Waals surface area contributed by atoms with Crippen LogP contribution >= 0.6 is 23.2 Å². The lowest BCUT2D eigenvalue weighted by Crippen LogP contribution is -2.15. The Bertz CT molecular complexity index is 1750. The highest BCUT2D eigenvalue weighted by Gasteiger charge is 2.21. The molecule has 0 spiro atoms. The zero-order chi connectivity index (χ0) is 34.6. The lowest BCUT2D eigenvalue weighted by atomic mass is 9.77. The molecule has 49 heavy (non-hydrogen) atoms. The van der Waals surface area contributed by atoms with Gasteiger partial charge in [-0.3, -0.25) is 0 Å². The van der Waals surface area contributed by atoms with Crippen LogP contribution < -0.4 is 9.47 Å². The first kappa shape index (κ1) is 36.2. The van der Waals surface area contributed by atoms with Crippen molar-refractivity contribution in [3.05, 3.63) is 117 Å². The first-order valence-electron chi connectivity index (χ1n) is 17.5. The largest absolute Gasteiger partial charge is 0.423 e. The van der Waals surface area contributed by atoms with Crippen LogP contribution in [0.5, 0.6) is 11.5 Å². The predicted molar refractivity (Wildman–Crippen MR) is 197 cm³/mol. The maximum Gasteiger partial charge on any atom is 0.345 e. The van der Waals surface area contributed by atoms with Gasteiger partial charge in [-0.15, -0.1) is 0 Å². The Morgan fingerprint density at radius 2 is 1.27 bits per heavy atom. The van der Waals surface area contributed by atoms with Crippen molar-refractivity contribution in [2.24, 2.45) is 11.8 Å². The SMILES string of the molecule is CCCCCCCC1CCC(CCc2ccc(-c3ccc(C(=O)Oc4ccc(C(=O)Oc5ccc(C#N)c(Cl)c5)c(Cl)c4)cc3)cc2)CC1. The van der Waals surface area contributed by atoms with Gasteiger partial charge in [0.05, 0.1) is 26.7 Å². The van der Waals surface area contributed by atoms with Gasteiger partial charge in [0.1, 0.15) is 17.6 Å². The molecular formula is C42H43Cl2NO4. The summed E-state index contributed by atoms with van der Waals surface area (Å²) in [6, 6.07) is 26.6. The average molecular weight is 697 g/mol. The van der Waals surface area contributed by atoms with Crippen LogP contribution in [0.1, 0.15) is 109 Å². The van der Waals surface area contributed by atoms with Crippen molar-refractivity contribution >= 4 is 35.1 Å². The molecule has 254 valence electrons. The van der Waals surface area contributed by atoms with Gasteiger partial charge in [-0.05, 0) is 77.8 Å². The number of nitriles is 1. The minimum Gasteiger partial charge on any atom is -0.423 e. The second-order valence-corrected chi connectivity index (χ2v) is 13.9. The van der Waals surface area contributed by atoms with E-state index in [1.165, 1.54) is 113 Å². The first-order chi connectivity index (χ1) is 23.8. The minimum absolute atomic E-state index is 0.0599. The summed E-state index contributed by atoms with van der Waals surface area (Å²) in [7, 11) is 0. The van der Waals surface area contributed by atoms with Crippen molar-refractivity contribution in [3.8, 4) is 28.7 Å². The zero-order valence-corrected chi connectivity index (χ0v) is 29.6. The van der Waals surface area contributed by atoms with Gasteiger partial charge in [-0.2, -0.15) is 5.26 Å². The van der Waals surface area contributed by atoms with E-state index in [1.807, 2.05) is 18.2 Å². The summed E-state index contributed by atoms with van der Waals surface area (Å²) in [6.07, 6.45) is 16.4. The third kappa shape index (κ3) is 10.4. The number of unbranched alkanes of at least 4 members (excludes halogenated alkanes) is 4. The Kier molecular flexibility index (Phi) is 13.3. The van der Waals surface area contributed by atoms with Gasteiger partial charge in [-0.1, -0.05) is 131 Å². The van der Waals surface area contributed by atoms with Crippen LogP contribution in [0, 0.1) is 23.2 Å². The van der Waals surface area contributed by atoms with Gasteiger partial charge in [0.15, 0.2) is 0 Å². The van der Waals surface area contributed by atoms with E-state index in [4.69, 9.17) is 37.9 Å². The molecule has 0 aromatic heterocycles. The maximum atomic E-state index is 12.9. The highest BCUT2D eigenvalue weighted by Crippen LogP contribution is 2.35. The molecule has 4 aromatic carbocycles. The number of rotatable bonds is 14. The van der Waals surface area contributed by atoms with Crippen LogP contribution in [-0.2, 0) is 6.42 Å². The molecule has 1 aliphatic carbocycles. The molecule has 5 rings (SSSR count). The number of carbonyl (C=O) groups excluding carboxylic acids is 2. The van der Waals surface area contributed by atoms with Crippen molar-refractivity contribution in [3.63, 3.8) is 0 Å². The number of ether oxygens (including phenoxy) is 2. The van der Waals surface area contributed by atoms with Crippen LogP contribution in [0.15, 0.2) is 84.9 Å². The Labute approximate surface area is 300 Å². The van der Waals surface area contributed by atoms with E-state index in [0.29, 0.717) is 5.56 Å². The summed E-state index contributed by atoms with van der Waals surface area (Å²) < 4.78 is 10.9. The highest BCUT2D eigenvalue weighted by atomic mass is 35.5. The quantitative estimate of drug-likeness (QED) is 0.0745. The molecule has 0 unspecified atom stereocenters. The zero-order valence-electron chi connectivity index (χ0n) is 28.1. The summed E-state index contributed by atoms with van der Waals surface area (Å²) >= 11 is 12.3. The molecule has 7 heteroatoms. The van der Waals surface area contributed by atoms with E-state index < -0.39 is 11.9 Å². The van der Waals surface area contributed by atoms with Crippen LogP contribution in [0.2, 0.25) is 10.0 Å². The maximum absolute atomic E-state index is 12.9. The van der Waals surface area contributed by atoms with Crippen molar-refractivity contribution < 1.29 is 19.1 Å². The Balaban J connectivity index is 1.07. The van der Waals surface area contributed by atoms with Crippen molar-refractivity contribution in [1.29, 1.82) is 5.26 Å². The highest BCUT2D eigenvalue weighted by molar-refractivity contribution is 6.34. The summed E-state index contributed by atoms with van der Waals surface area (Å²) in [4.78, 5) is 25.5. The third-order valence-corrected chi connectivity index (χ3v) is 10.2. The average Bonchev–Trinajstić information content (AvgIpc) is 3.11. The third-order valence-electron chi connectivity index (χ3n) is 9.57. The molecule has 0 bridgehead atoms. The standard InChI is InChI=1S/C42H43Cl2NO4/c1-2-3-4-5-6-7-29-8-10-30(11-9-29)12-13-31-14-16-32(17-15-31)33-18-20-34(21-19-33)41(46)48-37-24-25-38(40(44)27-37)42(47)49-36-23-22-35(28-45)39(43)26-36/h14-27,29-30H,2-13H2,1H3. The molecule has 5 nitrogen and oxygen atoms in total. The second-order valence-electron chi connectivity index (χ2n) is 13.1. The van der Waals surface area contributed by atoms with E-state index in [1.54, 1.807) is 12.1 Å². The lowest BCUT2D eigenvalue weighted by Gasteiger charge is -2.28. The predicted octanol–water partition coefficient (Wildman–Crippen LogP) is 12.1. The molecule has 1 aliphatic rings. The van der Waals surface area contributed by atoms with E-state index in [2.05, 4.69) is 31.2 Å². The van der Waals surface area contributed by atoms with Crippen molar-refractivity contribution in [2.75, 3.05) is 0 Å². The Morgan fingerprint density at radius 1 is 0.694 bits per heavy atom. The minimum atomic E-state index is -0.715. The molecule has 0 atom stereocenters. The molecular weight excluding hydrogens is 653 g/mol. The van der Waals surface area contributed by atoms with Gasteiger partial charge >= 0.3 is 11.9 Å². The molecule has 4 aromatic rings. The first-order valence-corrected chi connectivity index (χ1v) is 18.2. The molecule has 0 amide bonds. The Morgan fingerprint density at radius 3 is 1.88 bits per heavy atom. The number of nitrogens with zero attached hydrogens (tertiary/aromatic N) is 1. The van der Waals surface area contributed by atoms with Crippen LogP contribution in [0.25, 0.3) is 11.1 Å². The summed E-state index contributed by atoms with van der Waals surface area (Å²) in [5, 5.41) is 9.25. The molecule has 1 fully saturated rings. The van der Waals surface area contributed by atoms with Gasteiger partial charge < -0.3 is 9.47 Å². The van der Waals surface area contributed by atoms with Gasteiger partial charge in [-0.25, -0.2) is 9.59 Å². The number of benzene rings is 4. The molecule has 1 saturated carbocycles. The van der Waals surface area contributed by atoms with E-state index in [9.17, 15) is 9.59 Å². The summed E-state index contributed by atoms with van der Waals surface area (Å²) in [5.41, 5.74) is 4.24. The number of hydrogen-bond donors (Lipinski definition) is 0. The number of halogens is 2.